The molecule has 4 fully saturated rings. The van der Waals surface area contributed by atoms with Gasteiger partial charge in [-0.05, 0) is 84.7 Å². The number of hydrogen-bond donors (Lipinski definition) is 1. The Bertz CT molecular complexity index is 1350. The van der Waals surface area contributed by atoms with E-state index in [2.05, 4.69) is 37.9 Å². The van der Waals surface area contributed by atoms with E-state index in [0.717, 1.165) is 30.5 Å². The Balaban J connectivity index is 1.03. The van der Waals surface area contributed by atoms with Gasteiger partial charge in [0.25, 0.3) is 5.91 Å². The lowest BCUT2D eigenvalue weighted by atomic mass is 9.44. The summed E-state index contributed by atoms with van der Waals surface area (Å²) in [6.07, 6.45) is 3.08. The van der Waals surface area contributed by atoms with Crippen molar-refractivity contribution in [2.75, 3.05) is 38.6 Å². The van der Waals surface area contributed by atoms with Crippen LogP contribution in [0.2, 0.25) is 0 Å². The van der Waals surface area contributed by atoms with E-state index in [1.807, 2.05) is 11.0 Å². The molecule has 0 unspecified atom stereocenters. The molecule has 5 aliphatic rings. The lowest BCUT2D eigenvalue weighted by molar-refractivity contribution is -0.148. The standard InChI is InChI=1S/C33H43FN4O3/c1-20-18-37(12-13-38(20)30-16-24-15-28(21(30)2)33(24,3)4)32(40)35-25-7-9-27-23(14-25)19-36(31(27)39)11-10-22-6-8-26(41-5)17-29(22)34/h6-9,14,17,20-21,24,28,30H,10-13,15-16,18-19H2,1-5H3,(H,35,40)/t20-,21+,24-,28-,30-/m0/s1. The summed E-state index contributed by atoms with van der Waals surface area (Å²) >= 11 is 0. The third kappa shape index (κ3) is 4.98. The van der Waals surface area contributed by atoms with Crippen LogP contribution in [-0.4, -0.2) is 72.0 Å². The maximum absolute atomic E-state index is 14.4. The molecule has 2 aromatic rings. The molecule has 0 radical (unpaired) electrons. The molecule has 1 saturated heterocycles. The molecule has 41 heavy (non-hydrogen) atoms. The van der Waals surface area contributed by atoms with Crippen LogP contribution in [0, 0.1) is 29.0 Å². The van der Waals surface area contributed by atoms with Gasteiger partial charge in [0.2, 0.25) is 0 Å². The number of rotatable bonds is 6. The first-order valence-corrected chi connectivity index (χ1v) is 15.1. The SMILES string of the molecule is COc1ccc(CCN2Cc3cc(NC(=O)N4CCN([C@H]5C[C@@H]6C[C@@H]([C@H]5C)C6(C)C)[C@@H](C)C4)ccc3C2=O)c(F)c1. The highest BCUT2D eigenvalue weighted by molar-refractivity contribution is 5.99. The van der Waals surface area contributed by atoms with Crippen molar-refractivity contribution in [1.82, 2.24) is 14.7 Å². The number of amides is 3. The van der Waals surface area contributed by atoms with Gasteiger partial charge in [0, 0.05) is 62.1 Å². The van der Waals surface area contributed by atoms with Gasteiger partial charge < -0.3 is 19.9 Å². The zero-order chi connectivity index (χ0) is 29.1. The highest BCUT2D eigenvalue weighted by Gasteiger charge is 2.57. The van der Waals surface area contributed by atoms with Crippen molar-refractivity contribution in [3.8, 4) is 5.75 Å². The van der Waals surface area contributed by atoms with Gasteiger partial charge in [0.05, 0.1) is 7.11 Å². The smallest absolute Gasteiger partial charge is 0.321 e. The van der Waals surface area contributed by atoms with Crippen LogP contribution >= 0.6 is 0 Å². The van der Waals surface area contributed by atoms with E-state index in [4.69, 9.17) is 4.74 Å². The lowest BCUT2D eigenvalue weighted by Crippen LogP contribution is -2.65. The molecule has 5 atom stereocenters. The second-order valence-electron chi connectivity index (χ2n) is 13.3. The van der Waals surface area contributed by atoms with Crippen LogP contribution in [0.25, 0.3) is 0 Å². The van der Waals surface area contributed by atoms with Gasteiger partial charge in [-0.25, -0.2) is 9.18 Å². The monoisotopic (exact) mass is 562 g/mol. The van der Waals surface area contributed by atoms with E-state index in [-0.39, 0.29) is 17.8 Å². The second-order valence-corrected chi connectivity index (χ2v) is 13.3. The van der Waals surface area contributed by atoms with E-state index in [1.165, 1.54) is 26.0 Å². The van der Waals surface area contributed by atoms with Crippen LogP contribution in [0.1, 0.15) is 62.0 Å². The fraction of sp³-hybridized carbons (Fsp3) is 0.576. The summed E-state index contributed by atoms with van der Waals surface area (Å²) in [6.45, 7) is 12.8. The summed E-state index contributed by atoms with van der Waals surface area (Å²) in [5.74, 6) is 2.42. The highest BCUT2D eigenvalue weighted by Crippen LogP contribution is 2.62. The van der Waals surface area contributed by atoms with Crippen molar-refractivity contribution < 1.29 is 18.7 Å². The minimum absolute atomic E-state index is 0.0605. The first-order valence-electron chi connectivity index (χ1n) is 15.1. The number of benzene rings is 2. The topological polar surface area (TPSA) is 65.1 Å². The Kier molecular flexibility index (Phi) is 7.25. The number of ether oxygens (including phenoxy) is 1. The van der Waals surface area contributed by atoms with Crippen LogP contribution in [0.5, 0.6) is 5.75 Å². The summed E-state index contributed by atoms with van der Waals surface area (Å²) in [5.41, 5.74) is 3.25. The summed E-state index contributed by atoms with van der Waals surface area (Å²) in [6, 6.07) is 11.1. The van der Waals surface area contributed by atoms with Crippen molar-refractivity contribution >= 4 is 17.6 Å². The molecule has 0 aromatic heterocycles. The predicted molar refractivity (Wildman–Crippen MR) is 158 cm³/mol. The normalized spacial score (nSPS) is 28.7. The Morgan fingerprint density at radius 1 is 1.12 bits per heavy atom. The van der Waals surface area contributed by atoms with Gasteiger partial charge >= 0.3 is 6.03 Å². The molecule has 2 heterocycles. The number of anilines is 1. The summed E-state index contributed by atoms with van der Waals surface area (Å²) in [7, 11) is 1.51. The van der Waals surface area contributed by atoms with Gasteiger partial charge in [0.1, 0.15) is 11.6 Å². The van der Waals surface area contributed by atoms with Crippen molar-refractivity contribution in [3.05, 3.63) is 58.9 Å². The predicted octanol–water partition coefficient (Wildman–Crippen LogP) is 5.64. The van der Waals surface area contributed by atoms with Crippen LogP contribution < -0.4 is 10.1 Å². The van der Waals surface area contributed by atoms with Gasteiger partial charge in [0.15, 0.2) is 0 Å². The zero-order valence-electron chi connectivity index (χ0n) is 25.0. The number of methoxy groups -OCH3 is 1. The minimum Gasteiger partial charge on any atom is -0.497 e. The fourth-order valence-electron chi connectivity index (χ4n) is 8.16. The maximum atomic E-state index is 14.4. The number of carbonyl (C=O) groups is 2. The molecule has 2 aliphatic heterocycles. The van der Waals surface area contributed by atoms with Gasteiger partial charge in [-0.3, -0.25) is 9.69 Å². The number of carbonyl (C=O) groups excluding carboxylic acids is 2. The van der Waals surface area contributed by atoms with Crippen LogP contribution in [0.15, 0.2) is 36.4 Å². The molecular weight excluding hydrogens is 519 g/mol. The molecule has 8 heteroatoms. The van der Waals surface area contributed by atoms with Crippen molar-refractivity contribution in [2.45, 2.75) is 65.6 Å². The number of fused-ring (bicyclic) bond motifs is 3. The quantitative estimate of drug-likeness (QED) is 0.495. The van der Waals surface area contributed by atoms with E-state index in [9.17, 15) is 14.0 Å². The maximum Gasteiger partial charge on any atom is 0.321 e. The van der Waals surface area contributed by atoms with Crippen LogP contribution in [0.3, 0.4) is 0 Å². The second kappa shape index (κ2) is 10.6. The van der Waals surface area contributed by atoms with Crippen molar-refractivity contribution in [1.29, 1.82) is 0 Å². The number of piperazine rings is 1. The molecule has 220 valence electrons. The molecule has 7 nitrogen and oxygen atoms in total. The number of nitrogens with one attached hydrogen (secondary N) is 1. The Morgan fingerprint density at radius 2 is 1.93 bits per heavy atom. The average molecular weight is 563 g/mol. The van der Waals surface area contributed by atoms with E-state index >= 15 is 0 Å². The van der Waals surface area contributed by atoms with Crippen molar-refractivity contribution in [2.24, 2.45) is 23.2 Å². The Hall–Kier alpha value is -3.13. The van der Waals surface area contributed by atoms with Crippen LogP contribution in [-0.2, 0) is 13.0 Å². The number of nitrogens with zero attached hydrogens (tertiary/aromatic N) is 3. The molecular formula is C33H43FN4O3. The number of hydrogen-bond acceptors (Lipinski definition) is 4. The first-order chi connectivity index (χ1) is 19.6. The third-order valence-corrected chi connectivity index (χ3v) is 10.9. The summed E-state index contributed by atoms with van der Waals surface area (Å²) in [5, 5.41) is 3.07. The molecule has 0 spiro atoms. The Morgan fingerprint density at radius 3 is 2.61 bits per heavy atom. The van der Waals surface area contributed by atoms with E-state index in [0.29, 0.717) is 72.0 Å². The van der Waals surface area contributed by atoms with Gasteiger partial charge in [-0.15, -0.1) is 0 Å². The Labute approximate surface area is 243 Å². The first kappa shape index (κ1) is 28.0. The fourth-order valence-corrected chi connectivity index (χ4v) is 8.16. The number of halogens is 1. The summed E-state index contributed by atoms with van der Waals surface area (Å²) in [4.78, 5) is 32.5. The molecule has 7 rings (SSSR count). The van der Waals surface area contributed by atoms with E-state index < -0.39 is 0 Å². The van der Waals surface area contributed by atoms with Gasteiger partial charge in [-0.2, -0.15) is 0 Å². The molecule has 3 saturated carbocycles. The van der Waals surface area contributed by atoms with E-state index in [1.54, 1.807) is 29.2 Å². The largest absolute Gasteiger partial charge is 0.497 e. The summed E-state index contributed by atoms with van der Waals surface area (Å²) < 4.78 is 19.4. The average Bonchev–Trinajstić information content (AvgIpc) is 3.26. The zero-order valence-corrected chi connectivity index (χ0v) is 25.0. The third-order valence-electron chi connectivity index (χ3n) is 10.9. The molecule has 3 aliphatic carbocycles. The number of urea groups is 1. The van der Waals surface area contributed by atoms with Gasteiger partial charge in [-0.1, -0.05) is 26.8 Å². The molecule has 2 bridgehead atoms. The van der Waals surface area contributed by atoms with Crippen LogP contribution in [0.4, 0.5) is 14.9 Å². The minimum atomic E-state index is -0.331. The molecule has 3 amide bonds. The highest BCUT2D eigenvalue weighted by atomic mass is 19.1. The lowest BCUT2D eigenvalue weighted by Gasteiger charge is -2.64. The van der Waals surface area contributed by atoms with Crippen molar-refractivity contribution in [3.63, 3.8) is 0 Å². The molecule has 2 aromatic carbocycles. The molecule has 1 N–H and O–H groups in total.